The summed E-state index contributed by atoms with van der Waals surface area (Å²) in [7, 11) is 0. The highest BCUT2D eigenvalue weighted by atomic mass is 16.7. The van der Waals surface area contributed by atoms with Crippen molar-refractivity contribution in [1.29, 1.82) is 0 Å². The SMILES string of the molecule is O=C1CC2CC(O)CC2(COC2CCCCO2)C1=O. The molecule has 1 aliphatic heterocycles. The molecule has 0 aromatic rings. The van der Waals surface area contributed by atoms with E-state index >= 15 is 0 Å². The lowest BCUT2D eigenvalue weighted by Gasteiger charge is -2.30. The first-order valence-electron chi connectivity index (χ1n) is 7.11. The summed E-state index contributed by atoms with van der Waals surface area (Å²) in [6, 6.07) is 0. The van der Waals surface area contributed by atoms with Crippen LogP contribution in [0.15, 0.2) is 0 Å². The number of aliphatic hydroxyl groups excluding tert-OH is 1. The Bertz CT molecular complexity index is 387. The third-order valence-corrected chi connectivity index (χ3v) is 4.74. The summed E-state index contributed by atoms with van der Waals surface area (Å²) in [5.41, 5.74) is -0.780. The van der Waals surface area contributed by atoms with E-state index in [0.717, 1.165) is 19.3 Å². The zero-order valence-corrected chi connectivity index (χ0v) is 11.0. The standard InChI is InChI=1S/C14H20O5/c15-10-5-9-6-11(16)13(17)14(9,7-10)8-19-12-3-1-2-4-18-12/h9-10,12,15H,1-8H2. The summed E-state index contributed by atoms with van der Waals surface area (Å²) in [4.78, 5) is 23.8. The number of fused-ring (bicyclic) bond motifs is 1. The number of hydrogen-bond acceptors (Lipinski definition) is 5. The lowest BCUT2D eigenvalue weighted by Crippen LogP contribution is -2.38. The summed E-state index contributed by atoms with van der Waals surface area (Å²) in [5.74, 6) is -0.694. The van der Waals surface area contributed by atoms with Crippen LogP contribution in [0.5, 0.6) is 0 Å². The minimum atomic E-state index is -0.780. The third kappa shape index (κ3) is 2.24. The second kappa shape index (κ2) is 4.96. The molecule has 5 heteroatoms. The van der Waals surface area contributed by atoms with Gasteiger partial charge in [-0.15, -0.1) is 0 Å². The van der Waals surface area contributed by atoms with Gasteiger partial charge in [0.25, 0.3) is 0 Å². The molecule has 0 bridgehead atoms. The molecule has 3 rings (SSSR count). The van der Waals surface area contributed by atoms with Gasteiger partial charge in [-0.25, -0.2) is 0 Å². The Morgan fingerprint density at radius 2 is 2.21 bits per heavy atom. The first kappa shape index (κ1) is 13.2. The van der Waals surface area contributed by atoms with E-state index in [1.165, 1.54) is 0 Å². The van der Waals surface area contributed by atoms with Crippen molar-refractivity contribution in [2.24, 2.45) is 11.3 Å². The molecule has 0 spiro atoms. The molecule has 3 aliphatic rings. The molecule has 5 nitrogen and oxygen atoms in total. The van der Waals surface area contributed by atoms with Crippen molar-refractivity contribution in [2.45, 2.75) is 50.9 Å². The first-order valence-corrected chi connectivity index (χ1v) is 7.11. The highest BCUT2D eigenvalue weighted by Gasteiger charge is 2.59. The molecule has 2 saturated carbocycles. The number of carbonyl (C=O) groups excluding carboxylic acids is 2. The number of hydrogen-bond donors (Lipinski definition) is 1. The van der Waals surface area contributed by atoms with Crippen molar-refractivity contribution >= 4 is 11.6 Å². The van der Waals surface area contributed by atoms with Crippen molar-refractivity contribution in [2.75, 3.05) is 13.2 Å². The minimum absolute atomic E-state index is 0.0499. The zero-order chi connectivity index (χ0) is 13.5. The second-order valence-electron chi connectivity index (χ2n) is 6.01. The molecule has 3 fully saturated rings. The lowest BCUT2D eigenvalue weighted by molar-refractivity contribution is -0.183. The van der Waals surface area contributed by atoms with Crippen molar-refractivity contribution in [3.05, 3.63) is 0 Å². The fraction of sp³-hybridized carbons (Fsp3) is 0.857. The van der Waals surface area contributed by atoms with Gasteiger partial charge < -0.3 is 14.6 Å². The predicted octanol–water partition coefficient (Wildman–Crippen LogP) is 0.829. The van der Waals surface area contributed by atoms with Crippen LogP contribution in [-0.4, -0.2) is 42.3 Å². The first-order chi connectivity index (χ1) is 9.12. The molecule has 4 atom stereocenters. The molecule has 0 amide bonds. The van der Waals surface area contributed by atoms with E-state index < -0.39 is 11.5 Å². The topological polar surface area (TPSA) is 72.8 Å². The van der Waals surface area contributed by atoms with Crippen molar-refractivity contribution in [1.82, 2.24) is 0 Å². The van der Waals surface area contributed by atoms with E-state index in [4.69, 9.17) is 9.47 Å². The Hall–Kier alpha value is -0.780. The molecular weight excluding hydrogens is 248 g/mol. The Labute approximate surface area is 112 Å². The maximum atomic E-state index is 12.1. The van der Waals surface area contributed by atoms with Gasteiger partial charge in [-0.05, 0) is 38.0 Å². The van der Waals surface area contributed by atoms with Crippen LogP contribution in [0.4, 0.5) is 0 Å². The van der Waals surface area contributed by atoms with Crippen LogP contribution in [-0.2, 0) is 19.1 Å². The van der Waals surface area contributed by atoms with E-state index in [0.29, 0.717) is 19.4 Å². The van der Waals surface area contributed by atoms with Gasteiger partial charge in [-0.3, -0.25) is 9.59 Å². The molecule has 106 valence electrons. The van der Waals surface area contributed by atoms with Gasteiger partial charge in [0.2, 0.25) is 5.78 Å². The summed E-state index contributed by atoms with van der Waals surface area (Å²) in [5, 5.41) is 9.79. The van der Waals surface area contributed by atoms with E-state index in [9.17, 15) is 14.7 Å². The van der Waals surface area contributed by atoms with Crippen LogP contribution < -0.4 is 0 Å². The summed E-state index contributed by atoms with van der Waals surface area (Å²) < 4.78 is 11.2. The van der Waals surface area contributed by atoms with Crippen molar-refractivity contribution in [3.63, 3.8) is 0 Å². The molecule has 19 heavy (non-hydrogen) atoms. The van der Waals surface area contributed by atoms with Crippen LogP contribution in [0, 0.1) is 11.3 Å². The Morgan fingerprint density at radius 3 is 2.95 bits per heavy atom. The molecule has 4 unspecified atom stereocenters. The number of rotatable bonds is 3. The van der Waals surface area contributed by atoms with Gasteiger partial charge in [0.05, 0.1) is 18.1 Å². The van der Waals surface area contributed by atoms with Gasteiger partial charge in [-0.2, -0.15) is 0 Å². The molecule has 1 saturated heterocycles. The van der Waals surface area contributed by atoms with Crippen LogP contribution in [0.3, 0.4) is 0 Å². The van der Waals surface area contributed by atoms with E-state index in [-0.39, 0.29) is 36.8 Å². The van der Waals surface area contributed by atoms with Crippen molar-refractivity contribution in [3.8, 4) is 0 Å². The number of ketones is 2. The maximum absolute atomic E-state index is 12.1. The second-order valence-corrected chi connectivity index (χ2v) is 6.01. The largest absolute Gasteiger partial charge is 0.393 e. The summed E-state index contributed by atoms with van der Waals surface area (Å²) in [6.07, 6.45) is 3.36. The number of Topliss-reactive ketones (excluding diaryl/α,β-unsaturated/α-hetero) is 2. The number of carbonyl (C=O) groups is 2. The molecular formula is C14H20O5. The molecule has 0 aromatic carbocycles. The maximum Gasteiger partial charge on any atom is 0.207 e. The smallest absolute Gasteiger partial charge is 0.207 e. The average Bonchev–Trinajstić information content (AvgIpc) is 2.83. The number of aliphatic hydroxyl groups is 1. The Kier molecular flexibility index (Phi) is 3.45. The van der Waals surface area contributed by atoms with Gasteiger partial charge in [0.15, 0.2) is 12.1 Å². The van der Waals surface area contributed by atoms with E-state index in [2.05, 4.69) is 0 Å². The highest BCUT2D eigenvalue weighted by molar-refractivity contribution is 6.41. The third-order valence-electron chi connectivity index (χ3n) is 4.74. The van der Waals surface area contributed by atoms with Gasteiger partial charge in [0.1, 0.15) is 0 Å². The summed E-state index contributed by atoms with van der Waals surface area (Å²) >= 11 is 0. The molecule has 2 aliphatic carbocycles. The minimum Gasteiger partial charge on any atom is -0.393 e. The predicted molar refractivity (Wildman–Crippen MR) is 65.3 cm³/mol. The van der Waals surface area contributed by atoms with Crippen LogP contribution in [0.1, 0.15) is 38.5 Å². The quantitative estimate of drug-likeness (QED) is 0.767. The lowest BCUT2D eigenvalue weighted by atomic mass is 9.80. The highest BCUT2D eigenvalue weighted by Crippen LogP contribution is 2.51. The monoisotopic (exact) mass is 268 g/mol. The molecule has 1 N–H and O–H groups in total. The van der Waals surface area contributed by atoms with E-state index in [1.807, 2.05) is 0 Å². The zero-order valence-electron chi connectivity index (χ0n) is 11.0. The Balaban J connectivity index is 1.69. The average molecular weight is 268 g/mol. The number of ether oxygens (including phenoxy) is 2. The van der Waals surface area contributed by atoms with Crippen LogP contribution >= 0.6 is 0 Å². The molecule has 0 radical (unpaired) electrons. The van der Waals surface area contributed by atoms with Crippen LogP contribution in [0.25, 0.3) is 0 Å². The Morgan fingerprint density at radius 1 is 1.37 bits per heavy atom. The normalized spacial score (nSPS) is 42.7. The summed E-state index contributed by atoms with van der Waals surface area (Å²) in [6.45, 7) is 0.903. The van der Waals surface area contributed by atoms with E-state index in [1.54, 1.807) is 0 Å². The fourth-order valence-electron chi connectivity index (χ4n) is 3.70. The van der Waals surface area contributed by atoms with Gasteiger partial charge in [0, 0.05) is 13.0 Å². The fourth-order valence-corrected chi connectivity index (χ4v) is 3.70. The molecule has 1 heterocycles. The molecule has 0 aromatic heterocycles. The van der Waals surface area contributed by atoms with Crippen molar-refractivity contribution < 1.29 is 24.2 Å². The van der Waals surface area contributed by atoms with Gasteiger partial charge >= 0.3 is 0 Å². The van der Waals surface area contributed by atoms with Crippen LogP contribution in [0.2, 0.25) is 0 Å². The van der Waals surface area contributed by atoms with Gasteiger partial charge in [-0.1, -0.05) is 0 Å².